The van der Waals surface area contributed by atoms with Crippen LogP contribution in [0.5, 0.6) is 0 Å². The second-order valence-electron chi connectivity index (χ2n) is 9.19. The zero-order valence-corrected chi connectivity index (χ0v) is 18.7. The minimum Gasteiger partial charge on any atom is -0.385 e. The fraction of sp³-hybridized carbons (Fsp3) is 0.760. The van der Waals surface area contributed by atoms with Crippen molar-refractivity contribution in [1.29, 1.82) is 0 Å². The fourth-order valence-electron chi connectivity index (χ4n) is 5.42. The quantitative estimate of drug-likeness (QED) is 0.516. The maximum absolute atomic E-state index is 14.7. The Morgan fingerprint density at radius 3 is 2.63 bits per heavy atom. The molecule has 0 radical (unpaired) electrons. The summed E-state index contributed by atoms with van der Waals surface area (Å²) in [4.78, 5) is 2.58. The van der Waals surface area contributed by atoms with Crippen molar-refractivity contribution in [3.05, 3.63) is 35.6 Å². The van der Waals surface area contributed by atoms with E-state index in [0.717, 1.165) is 38.3 Å². The van der Waals surface area contributed by atoms with Gasteiger partial charge in [0, 0.05) is 50.9 Å². The summed E-state index contributed by atoms with van der Waals surface area (Å²) in [7, 11) is 1.70. The number of hydrogen-bond acceptors (Lipinski definition) is 4. The molecule has 1 heterocycles. The van der Waals surface area contributed by atoms with Crippen LogP contribution in [0.4, 0.5) is 4.39 Å². The van der Waals surface area contributed by atoms with E-state index in [-0.39, 0.29) is 11.9 Å². The summed E-state index contributed by atoms with van der Waals surface area (Å²) >= 11 is 0. The zero-order valence-electron chi connectivity index (χ0n) is 18.7. The van der Waals surface area contributed by atoms with E-state index in [1.807, 2.05) is 12.1 Å². The molecule has 0 aromatic heterocycles. The van der Waals surface area contributed by atoms with Crippen LogP contribution in [0.25, 0.3) is 0 Å². The molecular weight excluding hydrogens is 379 g/mol. The molecule has 1 aromatic carbocycles. The molecule has 0 amide bonds. The topological polar surface area (TPSA) is 47.7 Å². The van der Waals surface area contributed by atoms with Crippen LogP contribution in [0.2, 0.25) is 0 Å². The van der Waals surface area contributed by atoms with Gasteiger partial charge in [-0.15, -0.1) is 0 Å². The van der Waals surface area contributed by atoms with Crippen molar-refractivity contribution in [2.45, 2.75) is 69.9 Å². The summed E-state index contributed by atoms with van der Waals surface area (Å²) in [6.07, 6.45) is 10.9. The molecule has 2 fully saturated rings. The fourth-order valence-corrected chi connectivity index (χ4v) is 5.42. The van der Waals surface area contributed by atoms with Crippen LogP contribution in [0.15, 0.2) is 24.3 Å². The minimum absolute atomic E-state index is 0.163. The van der Waals surface area contributed by atoms with E-state index >= 15 is 0 Å². The van der Waals surface area contributed by atoms with Gasteiger partial charge in [-0.2, -0.15) is 0 Å². The molecule has 3 rings (SSSR count). The summed E-state index contributed by atoms with van der Waals surface area (Å²) < 4.78 is 26.1. The first-order valence-corrected chi connectivity index (χ1v) is 12.0. The third-order valence-corrected chi connectivity index (χ3v) is 7.04. The van der Waals surface area contributed by atoms with Gasteiger partial charge < -0.3 is 15.2 Å². The minimum atomic E-state index is -0.209. The number of methoxy groups -OCH3 is 1. The van der Waals surface area contributed by atoms with Crippen LogP contribution in [-0.2, 0) is 9.47 Å². The Bertz CT molecular complexity index is 609. The van der Waals surface area contributed by atoms with Crippen LogP contribution in [0.3, 0.4) is 0 Å². The summed E-state index contributed by atoms with van der Waals surface area (Å²) in [6.45, 7) is 4.00. The van der Waals surface area contributed by atoms with Crippen molar-refractivity contribution >= 4 is 0 Å². The third kappa shape index (κ3) is 6.74. The smallest absolute Gasteiger partial charge is 0.129 e. The van der Waals surface area contributed by atoms with Gasteiger partial charge in [0.15, 0.2) is 0 Å². The maximum Gasteiger partial charge on any atom is 0.129 e. The Hall–Kier alpha value is -1.01. The summed E-state index contributed by atoms with van der Waals surface area (Å²) in [5, 5.41) is 0. The highest BCUT2D eigenvalue weighted by molar-refractivity contribution is 5.21. The molecule has 2 N–H and O–H groups in total. The van der Waals surface area contributed by atoms with Gasteiger partial charge in [0.05, 0.1) is 6.10 Å². The first kappa shape index (κ1) is 23.6. The Labute approximate surface area is 182 Å². The number of benzene rings is 1. The van der Waals surface area contributed by atoms with Gasteiger partial charge in [0.2, 0.25) is 0 Å². The summed E-state index contributed by atoms with van der Waals surface area (Å²) in [5.41, 5.74) is 6.94. The normalized spacial score (nSPS) is 23.4. The van der Waals surface area contributed by atoms with Crippen LogP contribution >= 0.6 is 0 Å². The van der Waals surface area contributed by atoms with Gasteiger partial charge in [-0.1, -0.05) is 50.3 Å². The molecule has 1 saturated carbocycles. The molecule has 30 heavy (non-hydrogen) atoms. The van der Waals surface area contributed by atoms with Crippen LogP contribution in [-0.4, -0.2) is 50.9 Å². The number of hydrogen-bond donors (Lipinski definition) is 1. The number of nitrogens with zero attached hydrogens (tertiary/aromatic N) is 1. The third-order valence-electron chi connectivity index (χ3n) is 7.04. The predicted molar refractivity (Wildman–Crippen MR) is 120 cm³/mol. The van der Waals surface area contributed by atoms with Gasteiger partial charge in [0.1, 0.15) is 5.82 Å². The number of likely N-dealkylation sites (tertiary alicyclic amines) is 1. The molecule has 2 aliphatic rings. The number of halogens is 1. The second-order valence-corrected chi connectivity index (χ2v) is 9.19. The molecular formula is C25H41FN2O2. The van der Waals surface area contributed by atoms with Crippen molar-refractivity contribution in [1.82, 2.24) is 4.90 Å². The molecule has 4 nitrogen and oxygen atoms in total. The molecule has 170 valence electrons. The van der Waals surface area contributed by atoms with Gasteiger partial charge in [-0.25, -0.2) is 4.39 Å². The lowest BCUT2D eigenvalue weighted by atomic mass is 9.83. The van der Waals surface area contributed by atoms with E-state index in [1.165, 1.54) is 38.5 Å². The molecule has 1 aliphatic carbocycles. The molecule has 5 heteroatoms. The van der Waals surface area contributed by atoms with E-state index in [4.69, 9.17) is 15.2 Å². The molecule has 0 bridgehead atoms. The van der Waals surface area contributed by atoms with Crippen molar-refractivity contribution < 1.29 is 13.9 Å². The highest BCUT2D eigenvalue weighted by atomic mass is 19.1. The van der Waals surface area contributed by atoms with E-state index in [0.29, 0.717) is 37.3 Å². The van der Waals surface area contributed by atoms with Gasteiger partial charge in [-0.05, 0) is 44.2 Å². The lowest BCUT2D eigenvalue weighted by molar-refractivity contribution is -0.0311. The van der Waals surface area contributed by atoms with Gasteiger partial charge in [0.25, 0.3) is 0 Å². The highest BCUT2D eigenvalue weighted by Gasteiger charge is 2.33. The van der Waals surface area contributed by atoms with Crippen molar-refractivity contribution in [2.24, 2.45) is 17.6 Å². The average molecular weight is 421 g/mol. The number of nitrogens with two attached hydrogens (primary N) is 1. The Kier molecular flexibility index (Phi) is 10.1. The number of piperidine rings is 1. The van der Waals surface area contributed by atoms with Crippen molar-refractivity contribution in [3.63, 3.8) is 0 Å². The molecule has 3 unspecified atom stereocenters. The SMILES string of the molecule is COCCCOC(c1ccccc1F)C1CCCN(C(CN)CC2CCCCC2)C1. The summed E-state index contributed by atoms with van der Waals surface area (Å²) in [5.74, 6) is 0.947. The summed E-state index contributed by atoms with van der Waals surface area (Å²) in [6, 6.07) is 7.54. The van der Waals surface area contributed by atoms with Crippen LogP contribution in [0.1, 0.15) is 69.5 Å². The van der Waals surface area contributed by atoms with Crippen LogP contribution in [0, 0.1) is 17.7 Å². The predicted octanol–water partition coefficient (Wildman–Crippen LogP) is 4.93. The molecule has 1 aromatic rings. The average Bonchev–Trinajstić information content (AvgIpc) is 2.79. The molecule has 0 spiro atoms. The Morgan fingerprint density at radius 2 is 1.90 bits per heavy atom. The van der Waals surface area contributed by atoms with Crippen molar-refractivity contribution in [2.75, 3.05) is 40.0 Å². The molecule has 1 saturated heterocycles. The van der Waals surface area contributed by atoms with E-state index in [2.05, 4.69) is 4.90 Å². The Balaban J connectivity index is 1.67. The standard InChI is InChI=1S/C25H41FN2O2/c1-29-15-8-16-30-25(23-12-5-6-13-24(23)26)21-11-7-14-28(19-21)22(18-27)17-20-9-3-2-4-10-20/h5-6,12-13,20-22,25H,2-4,7-11,14-19,27H2,1H3. The van der Waals surface area contributed by atoms with Crippen LogP contribution < -0.4 is 5.73 Å². The van der Waals surface area contributed by atoms with E-state index < -0.39 is 0 Å². The maximum atomic E-state index is 14.7. The monoisotopic (exact) mass is 420 g/mol. The molecule has 1 aliphatic heterocycles. The van der Waals surface area contributed by atoms with Gasteiger partial charge in [-0.3, -0.25) is 4.90 Å². The number of rotatable bonds is 11. The lowest BCUT2D eigenvalue weighted by Crippen LogP contribution is -2.48. The first-order chi connectivity index (χ1) is 14.7. The highest BCUT2D eigenvalue weighted by Crippen LogP contribution is 2.36. The van der Waals surface area contributed by atoms with Crippen molar-refractivity contribution in [3.8, 4) is 0 Å². The first-order valence-electron chi connectivity index (χ1n) is 12.0. The van der Waals surface area contributed by atoms with Gasteiger partial charge >= 0.3 is 0 Å². The van der Waals surface area contributed by atoms with E-state index in [9.17, 15) is 4.39 Å². The van der Waals surface area contributed by atoms with E-state index in [1.54, 1.807) is 19.2 Å². The second kappa shape index (κ2) is 12.7. The number of ether oxygens (including phenoxy) is 2. The Morgan fingerprint density at radius 1 is 1.10 bits per heavy atom. The molecule has 3 atom stereocenters. The lowest BCUT2D eigenvalue weighted by Gasteiger charge is -2.42. The zero-order chi connectivity index (χ0) is 21.2. The largest absolute Gasteiger partial charge is 0.385 e.